The number of hydrogen-bond acceptors (Lipinski definition) is 4. The monoisotopic (exact) mass is 251 g/mol. The second-order valence-corrected chi connectivity index (χ2v) is 5.17. The fourth-order valence-corrected chi connectivity index (χ4v) is 1.41. The minimum Gasteiger partial charge on any atom is -0.444 e. The molecule has 0 bridgehead atoms. The fourth-order valence-electron chi connectivity index (χ4n) is 1.41. The first-order chi connectivity index (χ1) is 8.31. The maximum absolute atomic E-state index is 11.7. The van der Waals surface area contributed by atoms with Crippen LogP contribution in [-0.4, -0.2) is 23.2 Å². The average molecular weight is 251 g/mol. The number of nitrogens with one attached hydrogen (secondary N) is 1. The summed E-state index contributed by atoms with van der Waals surface area (Å²) in [4.78, 5) is 15.8. The lowest BCUT2D eigenvalue weighted by Gasteiger charge is -2.23. The molecule has 0 aliphatic carbocycles. The van der Waals surface area contributed by atoms with Crippen LogP contribution >= 0.6 is 0 Å². The quantitative estimate of drug-likeness (QED) is 0.860. The number of nitrogens with zero attached hydrogens (tertiary/aromatic N) is 1. The number of aryl methyl sites for hydroxylation is 1. The molecule has 1 aromatic rings. The fraction of sp³-hybridized carbons (Fsp3) is 0.538. The van der Waals surface area contributed by atoms with Gasteiger partial charge in [-0.05, 0) is 39.3 Å². The molecule has 0 saturated heterocycles. The predicted molar refractivity (Wildman–Crippen MR) is 70.1 cm³/mol. The Labute approximate surface area is 108 Å². The molecule has 1 rings (SSSR count). The molecule has 0 fully saturated rings. The number of pyridine rings is 1. The minimum absolute atomic E-state index is 0.284. The van der Waals surface area contributed by atoms with Gasteiger partial charge in [0.1, 0.15) is 5.60 Å². The predicted octanol–water partition coefficient (Wildman–Crippen LogP) is 1.91. The second-order valence-electron chi connectivity index (χ2n) is 5.17. The van der Waals surface area contributed by atoms with E-state index in [1.165, 1.54) is 0 Å². The first-order valence-electron chi connectivity index (χ1n) is 5.94. The topological polar surface area (TPSA) is 77.2 Å². The Morgan fingerprint density at radius 3 is 2.61 bits per heavy atom. The Bertz CT molecular complexity index is 396. The van der Waals surface area contributed by atoms with Crippen LogP contribution in [0.3, 0.4) is 0 Å². The van der Waals surface area contributed by atoms with Gasteiger partial charge in [-0.2, -0.15) is 0 Å². The van der Waals surface area contributed by atoms with E-state index in [1.807, 2.05) is 39.8 Å². The zero-order valence-electron chi connectivity index (χ0n) is 11.4. The molecule has 18 heavy (non-hydrogen) atoms. The Kier molecular flexibility index (Phi) is 4.67. The number of alkyl carbamates (subject to hydrolysis) is 1. The lowest BCUT2D eigenvalue weighted by atomic mass is 10.1. The van der Waals surface area contributed by atoms with E-state index in [4.69, 9.17) is 10.5 Å². The van der Waals surface area contributed by atoms with Gasteiger partial charge in [0.05, 0.1) is 6.04 Å². The Balaban J connectivity index is 2.68. The molecule has 0 spiro atoms. The largest absolute Gasteiger partial charge is 0.444 e. The van der Waals surface area contributed by atoms with E-state index in [0.29, 0.717) is 6.54 Å². The normalized spacial score (nSPS) is 12.9. The van der Waals surface area contributed by atoms with Gasteiger partial charge < -0.3 is 15.8 Å². The maximum atomic E-state index is 11.7. The zero-order valence-corrected chi connectivity index (χ0v) is 11.4. The van der Waals surface area contributed by atoms with E-state index in [0.717, 1.165) is 11.3 Å². The molecule has 5 heteroatoms. The number of rotatable bonds is 3. The molecule has 100 valence electrons. The van der Waals surface area contributed by atoms with E-state index in [-0.39, 0.29) is 6.04 Å². The van der Waals surface area contributed by atoms with Crippen molar-refractivity contribution in [2.45, 2.75) is 39.3 Å². The molecule has 0 aliphatic heterocycles. The van der Waals surface area contributed by atoms with Crippen LogP contribution in [0.5, 0.6) is 0 Å². The van der Waals surface area contributed by atoms with Crippen molar-refractivity contribution >= 4 is 6.09 Å². The van der Waals surface area contributed by atoms with E-state index < -0.39 is 11.7 Å². The smallest absolute Gasteiger partial charge is 0.408 e. The van der Waals surface area contributed by atoms with Gasteiger partial charge in [-0.1, -0.05) is 6.07 Å². The highest BCUT2D eigenvalue weighted by Gasteiger charge is 2.19. The Hall–Kier alpha value is -1.62. The van der Waals surface area contributed by atoms with Crippen molar-refractivity contribution in [3.05, 3.63) is 29.6 Å². The molecule has 1 amide bonds. The third-order valence-electron chi connectivity index (χ3n) is 2.26. The Morgan fingerprint density at radius 2 is 2.17 bits per heavy atom. The van der Waals surface area contributed by atoms with E-state index in [2.05, 4.69) is 10.3 Å². The minimum atomic E-state index is -0.519. The van der Waals surface area contributed by atoms with Gasteiger partial charge in [0.25, 0.3) is 0 Å². The standard InChI is InChI=1S/C13H21N3O2/c1-9-5-6-10(8-15-9)11(7-14)16-12(17)18-13(2,3)4/h5-6,8,11H,7,14H2,1-4H3,(H,16,17). The van der Waals surface area contributed by atoms with Crippen molar-refractivity contribution < 1.29 is 9.53 Å². The van der Waals surface area contributed by atoms with Gasteiger partial charge in [0.2, 0.25) is 0 Å². The first kappa shape index (κ1) is 14.4. The number of nitrogens with two attached hydrogens (primary N) is 1. The lowest BCUT2D eigenvalue weighted by Crippen LogP contribution is -2.37. The maximum Gasteiger partial charge on any atom is 0.408 e. The van der Waals surface area contributed by atoms with Crippen molar-refractivity contribution in [2.75, 3.05) is 6.54 Å². The molecule has 1 aromatic heterocycles. The summed E-state index contributed by atoms with van der Waals surface area (Å²) in [7, 11) is 0. The van der Waals surface area contributed by atoms with Crippen LogP contribution in [-0.2, 0) is 4.74 Å². The van der Waals surface area contributed by atoms with E-state index in [1.54, 1.807) is 6.20 Å². The van der Waals surface area contributed by atoms with Crippen molar-refractivity contribution in [3.63, 3.8) is 0 Å². The number of ether oxygens (including phenoxy) is 1. The van der Waals surface area contributed by atoms with Crippen LogP contribution in [0.15, 0.2) is 18.3 Å². The molecule has 5 nitrogen and oxygen atoms in total. The van der Waals surface area contributed by atoms with E-state index in [9.17, 15) is 4.79 Å². The van der Waals surface area contributed by atoms with Crippen LogP contribution in [0.25, 0.3) is 0 Å². The number of aromatic nitrogens is 1. The summed E-state index contributed by atoms with van der Waals surface area (Å²) in [6.07, 6.45) is 1.24. The summed E-state index contributed by atoms with van der Waals surface area (Å²) in [5.74, 6) is 0. The third kappa shape index (κ3) is 4.71. The van der Waals surface area contributed by atoms with Crippen molar-refractivity contribution in [2.24, 2.45) is 5.73 Å². The second kappa shape index (κ2) is 5.82. The van der Waals surface area contributed by atoms with Crippen LogP contribution in [0, 0.1) is 6.92 Å². The SMILES string of the molecule is Cc1ccc(C(CN)NC(=O)OC(C)(C)C)cn1. The molecular weight excluding hydrogens is 230 g/mol. The van der Waals surface area contributed by atoms with Crippen molar-refractivity contribution in [3.8, 4) is 0 Å². The number of carbonyl (C=O) groups excluding carboxylic acids is 1. The Morgan fingerprint density at radius 1 is 1.50 bits per heavy atom. The van der Waals surface area contributed by atoms with Gasteiger partial charge in [0, 0.05) is 18.4 Å². The zero-order chi connectivity index (χ0) is 13.8. The van der Waals surface area contributed by atoms with Crippen molar-refractivity contribution in [1.82, 2.24) is 10.3 Å². The molecule has 0 radical (unpaired) electrons. The van der Waals surface area contributed by atoms with Gasteiger partial charge in [-0.15, -0.1) is 0 Å². The van der Waals surface area contributed by atoms with E-state index >= 15 is 0 Å². The van der Waals surface area contributed by atoms with Crippen molar-refractivity contribution in [1.29, 1.82) is 0 Å². The summed E-state index contributed by atoms with van der Waals surface area (Å²) < 4.78 is 5.19. The summed E-state index contributed by atoms with van der Waals surface area (Å²) in [5, 5.41) is 2.73. The summed E-state index contributed by atoms with van der Waals surface area (Å²) in [6.45, 7) is 7.65. The highest BCUT2D eigenvalue weighted by molar-refractivity contribution is 5.68. The molecule has 0 aromatic carbocycles. The van der Waals surface area contributed by atoms with Crippen LogP contribution < -0.4 is 11.1 Å². The van der Waals surface area contributed by atoms with Gasteiger partial charge in [-0.3, -0.25) is 4.98 Å². The third-order valence-corrected chi connectivity index (χ3v) is 2.26. The number of amides is 1. The molecule has 1 atom stereocenters. The lowest BCUT2D eigenvalue weighted by molar-refractivity contribution is 0.0505. The first-order valence-corrected chi connectivity index (χ1v) is 5.94. The molecule has 1 unspecified atom stereocenters. The number of hydrogen-bond donors (Lipinski definition) is 2. The van der Waals surface area contributed by atoms with Gasteiger partial charge in [0.15, 0.2) is 0 Å². The molecule has 3 N–H and O–H groups in total. The molecule has 0 saturated carbocycles. The highest BCUT2D eigenvalue weighted by atomic mass is 16.6. The van der Waals surface area contributed by atoms with Gasteiger partial charge in [-0.25, -0.2) is 4.79 Å². The average Bonchev–Trinajstić information content (AvgIpc) is 2.25. The molecule has 1 heterocycles. The summed E-state index contributed by atoms with van der Waals surface area (Å²) in [5.41, 5.74) is 6.93. The number of carbonyl (C=O) groups is 1. The molecule has 0 aliphatic rings. The molecular formula is C13H21N3O2. The highest BCUT2D eigenvalue weighted by Crippen LogP contribution is 2.13. The van der Waals surface area contributed by atoms with Crippen LogP contribution in [0.2, 0.25) is 0 Å². The summed E-state index contributed by atoms with van der Waals surface area (Å²) >= 11 is 0. The summed E-state index contributed by atoms with van der Waals surface area (Å²) in [6, 6.07) is 3.50. The van der Waals surface area contributed by atoms with Crippen LogP contribution in [0.4, 0.5) is 4.79 Å². The van der Waals surface area contributed by atoms with Gasteiger partial charge >= 0.3 is 6.09 Å². The van der Waals surface area contributed by atoms with Crippen LogP contribution in [0.1, 0.15) is 38.1 Å².